The van der Waals surface area contributed by atoms with E-state index in [0.717, 1.165) is 22.7 Å². The summed E-state index contributed by atoms with van der Waals surface area (Å²) in [6, 6.07) is 23.7. The summed E-state index contributed by atoms with van der Waals surface area (Å²) in [7, 11) is 0. The van der Waals surface area contributed by atoms with Crippen molar-refractivity contribution in [2.75, 3.05) is 5.32 Å². The van der Waals surface area contributed by atoms with Gasteiger partial charge in [-0.15, -0.1) is 0 Å². The van der Waals surface area contributed by atoms with Gasteiger partial charge < -0.3 is 10.1 Å². The first-order valence-electron chi connectivity index (χ1n) is 10.4. The molecule has 31 heavy (non-hydrogen) atoms. The zero-order chi connectivity index (χ0) is 21.8. The summed E-state index contributed by atoms with van der Waals surface area (Å²) < 4.78 is 7.55. The van der Waals surface area contributed by atoms with Crippen LogP contribution in [-0.2, 0) is 11.3 Å². The van der Waals surface area contributed by atoms with Crippen molar-refractivity contribution in [3.05, 3.63) is 84.6 Å². The van der Waals surface area contributed by atoms with Crippen LogP contribution in [0.2, 0.25) is 0 Å². The number of pyridine rings is 1. The van der Waals surface area contributed by atoms with Crippen LogP contribution >= 0.6 is 0 Å². The Kier molecular flexibility index (Phi) is 5.76. The molecule has 4 rings (SSSR count). The molecule has 1 N–H and O–H groups in total. The zero-order valence-electron chi connectivity index (χ0n) is 18.1. The molecule has 2 heterocycles. The van der Waals surface area contributed by atoms with E-state index in [4.69, 9.17) is 9.72 Å². The van der Waals surface area contributed by atoms with Crippen molar-refractivity contribution in [3.63, 3.8) is 0 Å². The van der Waals surface area contributed by atoms with Gasteiger partial charge in [-0.25, -0.2) is 4.98 Å². The van der Waals surface area contributed by atoms with Gasteiger partial charge in [-0.3, -0.25) is 9.20 Å². The Bertz CT molecular complexity index is 1170. The molecule has 0 unspecified atom stereocenters. The molecule has 0 aliphatic rings. The third kappa shape index (κ3) is 5.12. The molecule has 5 heteroatoms. The number of rotatable bonds is 6. The molecule has 0 aliphatic carbocycles. The summed E-state index contributed by atoms with van der Waals surface area (Å²) in [4.78, 5) is 17.0. The highest BCUT2D eigenvalue weighted by Crippen LogP contribution is 2.31. The minimum absolute atomic E-state index is 0.104. The van der Waals surface area contributed by atoms with E-state index in [1.165, 1.54) is 5.56 Å². The van der Waals surface area contributed by atoms with E-state index < -0.39 is 0 Å². The number of hydrogen-bond donors (Lipinski definition) is 1. The van der Waals surface area contributed by atoms with Crippen molar-refractivity contribution in [1.29, 1.82) is 0 Å². The van der Waals surface area contributed by atoms with E-state index in [9.17, 15) is 4.79 Å². The van der Waals surface area contributed by atoms with Crippen molar-refractivity contribution in [2.45, 2.75) is 33.7 Å². The molecule has 0 radical (unpaired) electrons. The molecule has 4 aromatic rings. The Morgan fingerprint density at radius 3 is 2.39 bits per heavy atom. The first-order chi connectivity index (χ1) is 14.9. The van der Waals surface area contributed by atoms with Crippen molar-refractivity contribution >= 4 is 17.4 Å². The second-order valence-electron chi connectivity index (χ2n) is 8.81. The smallest absolute Gasteiger partial charge is 0.311 e. The summed E-state index contributed by atoms with van der Waals surface area (Å²) in [5, 5.41) is 3.54. The van der Waals surface area contributed by atoms with Crippen molar-refractivity contribution in [3.8, 4) is 17.0 Å². The Morgan fingerprint density at radius 2 is 1.68 bits per heavy atom. The number of nitrogens with one attached hydrogen (secondary N) is 1. The second-order valence-corrected chi connectivity index (χ2v) is 8.81. The molecular formula is C26H27N3O2. The van der Waals surface area contributed by atoms with Gasteiger partial charge in [0.15, 0.2) is 0 Å². The van der Waals surface area contributed by atoms with Gasteiger partial charge in [0.25, 0.3) is 0 Å². The van der Waals surface area contributed by atoms with E-state index in [2.05, 4.69) is 21.9 Å². The SMILES string of the molecule is CC(C)(C)CC(=O)Oc1ccc(-c2nc3ccccn3c2NCc2ccccc2)cc1. The van der Waals surface area contributed by atoms with Gasteiger partial charge in [0.05, 0.1) is 6.42 Å². The predicted octanol–water partition coefficient (Wildman–Crippen LogP) is 5.96. The molecular weight excluding hydrogens is 386 g/mol. The number of anilines is 1. The predicted molar refractivity (Wildman–Crippen MR) is 124 cm³/mol. The van der Waals surface area contributed by atoms with Gasteiger partial charge in [0, 0.05) is 18.3 Å². The quantitative estimate of drug-likeness (QED) is 0.313. The van der Waals surface area contributed by atoms with Gasteiger partial charge in [-0.2, -0.15) is 0 Å². The number of fused-ring (bicyclic) bond motifs is 1. The molecule has 0 saturated carbocycles. The number of nitrogens with zero attached hydrogens (tertiary/aromatic N) is 2. The number of esters is 1. The summed E-state index contributed by atoms with van der Waals surface area (Å²) in [6.07, 6.45) is 2.37. The maximum Gasteiger partial charge on any atom is 0.311 e. The summed E-state index contributed by atoms with van der Waals surface area (Å²) >= 11 is 0. The lowest BCUT2D eigenvalue weighted by molar-refractivity contribution is -0.136. The van der Waals surface area contributed by atoms with E-state index in [0.29, 0.717) is 18.7 Å². The van der Waals surface area contributed by atoms with Crippen molar-refractivity contribution in [2.24, 2.45) is 5.41 Å². The number of hydrogen-bond acceptors (Lipinski definition) is 4. The van der Waals surface area contributed by atoms with Crippen molar-refractivity contribution in [1.82, 2.24) is 9.38 Å². The van der Waals surface area contributed by atoms with Crippen LogP contribution in [0.5, 0.6) is 5.75 Å². The van der Waals surface area contributed by atoms with Gasteiger partial charge in [-0.05, 0) is 47.4 Å². The topological polar surface area (TPSA) is 55.6 Å². The Hall–Kier alpha value is -3.60. The summed E-state index contributed by atoms with van der Waals surface area (Å²) in [5.74, 6) is 1.25. The van der Waals surface area contributed by atoms with Crippen LogP contribution in [0, 0.1) is 5.41 Å². The first kappa shape index (κ1) is 20.7. The number of aromatic nitrogens is 2. The first-order valence-corrected chi connectivity index (χ1v) is 10.4. The minimum Gasteiger partial charge on any atom is -0.427 e. The molecule has 0 atom stereocenters. The fraction of sp³-hybridized carbons (Fsp3) is 0.231. The van der Waals surface area contributed by atoms with Crippen LogP contribution in [0.15, 0.2) is 79.0 Å². The molecule has 0 aliphatic heterocycles. The Balaban J connectivity index is 1.59. The number of carbonyl (C=O) groups is 1. The molecule has 158 valence electrons. The van der Waals surface area contributed by atoms with Crippen LogP contribution in [0.3, 0.4) is 0 Å². The van der Waals surface area contributed by atoms with Crippen molar-refractivity contribution < 1.29 is 9.53 Å². The average Bonchev–Trinajstić information content (AvgIpc) is 3.11. The Labute approximate surface area is 182 Å². The van der Waals surface area contributed by atoms with Gasteiger partial charge in [0.1, 0.15) is 22.9 Å². The maximum absolute atomic E-state index is 12.1. The van der Waals surface area contributed by atoms with Crippen LogP contribution < -0.4 is 10.1 Å². The fourth-order valence-electron chi connectivity index (χ4n) is 3.43. The minimum atomic E-state index is -0.224. The molecule has 2 aromatic heterocycles. The highest BCUT2D eigenvalue weighted by Gasteiger charge is 2.18. The molecule has 0 amide bonds. The molecule has 0 spiro atoms. The molecule has 0 fully saturated rings. The number of ether oxygens (including phenoxy) is 1. The number of imidazole rings is 1. The summed E-state index contributed by atoms with van der Waals surface area (Å²) in [6.45, 7) is 6.75. The average molecular weight is 414 g/mol. The van der Waals surface area contributed by atoms with Crippen LogP contribution in [0.1, 0.15) is 32.8 Å². The van der Waals surface area contributed by atoms with Crippen LogP contribution in [0.4, 0.5) is 5.82 Å². The highest BCUT2D eigenvalue weighted by atomic mass is 16.5. The largest absolute Gasteiger partial charge is 0.427 e. The molecule has 0 bridgehead atoms. The number of benzene rings is 2. The summed E-state index contributed by atoms with van der Waals surface area (Å²) in [5.41, 5.74) is 3.77. The molecule has 2 aromatic carbocycles. The van der Waals surface area contributed by atoms with E-state index in [1.54, 1.807) is 0 Å². The maximum atomic E-state index is 12.1. The van der Waals surface area contributed by atoms with E-state index in [-0.39, 0.29) is 11.4 Å². The molecule has 5 nitrogen and oxygen atoms in total. The van der Waals surface area contributed by atoms with Crippen LogP contribution in [0.25, 0.3) is 16.9 Å². The second kappa shape index (κ2) is 8.64. The highest BCUT2D eigenvalue weighted by molar-refractivity contribution is 5.77. The Morgan fingerprint density at radius 1 is 0.968 bits per heavy atom. The monoisotopic (exact) mass is 413 g/mol. The van der Waals surface area contributed by atoms with Gasteiger partial charge in [0.2, 0.25) is 0 Å². The lowest BCUT2D eigenvalue weighted by Crippen LogP contribution is -2.17. The van der Waals surface area contributed by atoms with E-state index in [1.807, 2.05) is 87.6 Å². The zero-order valence-corrected chi connectivity index (χ0v) is 18.1. The standard InChI is InChI=1S/C26H27N3O2/c1-26(2,3)17-23(30)31-21-14-12-20(13-15-21)24-25(27-18-19-9-5-4-6-10-19)29-16-8-7-11-22(29)28-24/h4-16,27H,17-18H2,1-3H3. The fourth-order valence-corrected chi connectivity index (χ4v) is 3.43. The van der Waals surface area contributed by atoms with Gasteiger partial charge in [-0.1, -0.05) is 57.2 Å². The lowest BCUT2D eigenvalue weighted by atomic mass is 9.92. The van der Waals surface area contributed by atoms with Gasteiger partial charge >= 0.3 is 5.97 Å². The molecule has 0 saturated heterocycles. The van der Waals surface area contributed by atoms with E-state index >= 15 is 0 Å². The third-order valence-electron chi connectivity index (χ3n) is 4.87. The van der Waals surface area contributed by atoms with Crippen LogP contribution in [-0.4, -0.2) is 15.4 Å². The lowest BCUT2D eigenvalue weighted by Gasteiger charge is -2.16. The third-order valence-corrected chi connectivity index (χ3v) is 4.87. The normalized spacial score (nSPS) is 11.5. The number of carbonyl (C=O) groups excluding carboxylic acids is 1.